The molecule has 0 aromatic heterocycles. The number of aliphatic hydroxyl groups is 2. The average Bonchev–Trinajstić information content (AvgIpc) is 3.33. The van der Waals surface area contributed by atoms with E-state index in [1.807, 2.05) is 0 Å². The molecule has 5 aliphatic rings. The van der Waals surface area contributed by atoms with Gasteiger partial charge < -0.3 is 10.2 Å². The van der Waals surface area contributed by atoms with Crippen LogP contribution in [0.5, 0.6) is 0 Å². The van der Waals surface area contributed by atoms with Crippen molar-refractivity contribution in [2.75, 3.05) is 6.61 Å². The molecule has 5 saturated carbocycles. The van der Waals surface area contributed by atoms with E-state index < -0.39 is 0 Å². The van der Waals surface area contributed by atoms with Gasteiger partial charge in [-0.2, -0.15) is 0 Å². The van der Waals surface area contributed by atoms with E-state index in [0.717, 1.165) is 30.1 Å². The van der Waals surface area contributed by atoms with Gasteiger partial charge in [0, 0.05) is 5.41 Å². The van der Waals surface area contributed by atoms with Crippen molar-refractivity contribution in [3.05, 3.63) is 0 Å². The second kappa shape index (κ2) is 7.46. The van der Waals surface area contributed by atoms with Crippen molar-refractivity contribution < 1.29 is 10.2 Å². The van der Waals surface area contributed by atoms with Crippen molar-refractivity contribution in [2.45, 2.75) is 125 Å². The third-order valence-corrected chi connectivity index (χ3v) is 13.4. The zero-order valence-corrected chi connectivity index (χ0v) is 22.1. The van der Waals surface area contributed by atoms with Gasteiger partial charge in [-0.3, -0.25) is 0 Å². The maximum absolute atomic E-state index is 10.9. The first-order chi connectivity index (χ1) is 15.0. The van der Waals surface area contributed by atoms with Gasteiger partial charge in [0.25, 0.3) is 0 Å². The second-order valence-corrected chi connectivity index (χ2v) is 14.7. The number of rotatable bonds is 6. The van der Waals surface area contributed by atoms with E-state index in [0.29, 0.717) is 27.6 Å². The van der Waals surface area contributed by atoms with Crippen LogP contribution in [0.25, 0.3) is 0 Å². The van der Waals surface area contributed by atoms with Gasteiger partial charge in [0.15, 0.2) is 0 Å². The molecule has 0 aromatic carbocycles. The highest BCUT2D eigenvalue weighted by atomic mass is 16.3. The Labute approximate surface area is 198 Å². The zero-order chi connectivity index (χ0) is 23.2. The molecule has 0 aromatic rings. The Balaban J connectivity index is 1.39. The monoisotopic (exact) mass is 444 g/mol. The van der Waals surface area contributed by atoms with E-state index in [2.05, 4.69) is 41.5 Å². The van der Waals surface area contributed by atoms with Crippen molar-refractivity contribution in [1.82, 2.24) is 0 Å². The predicted molar refractivity (Wildman–Crippen MR) is 132 cm³/mol. The number of hydrogen-bond acceptors (Lipinski definition) is 2. The Morgan fingerprint density at radius 1 is 0.781 bits per heavy atom. The molecule has 0 radical (unpaired) electrons. The molecule has 2 heteroatoms. The molecule has 2 spiro atoms. The van der Waals surface area contributed by atoms with Crippen molar-refractivity contribution in [3.63, 3.8) is 0 Å². The molecule has 32 heavy (non-hydrogen) atoms. The molecule has 184 valence electrons. The summed E-state index contributed by atoms with van der Waals surface area (Å²) in [4.78, 5) is 0. The quantitative estimate of drug-likeness (QED) is 0.454. The number of hydrogen-bond donors (Lipinski definition) is 2. The summed E-state index contributed by atoms with van der Waals surface area (Å²) in [5, 5.41) is 21.2. The van der Waals surface area contributed by atoms with Gasteiger partial charge in [-0.15, -0.1) is 0 Å². The molecule has 5 rings (SSSR count). The van der Waals surface area contributed by atoms with Crippen LogP contribution in [0, 0.1) is 56.7 Å². The van der Waals surface area contributed by atoms with Gasteiger partial charge in [0.1, 0.15) is 0 Å². The molecule has 0 amide bonds. The Hall–Kier alpha value is -0.0800. The van der Waals surface area contributed by atoms with Crippen LogP contribution in [0.4, 0.5) is 0 Å². The normalized spacial score (nSPS) is 55.0. The van der Waals surface area contributed by atoms with Gasteiger partial charge in [-0.1, -0.05) is 60.8 Å². The summed E-state index contributed by atoms with van der Waals surface area (Å²) in [7, 11) is 0. The third-order valence-electron chi connectivity index (χ3n) is 13.4. The highest BCUT2D eigenvalue weighted by Gasteiger charge is 2.82. The van der Waals surface area contributed by atoms with Gasteiger partial charge >= 0.3 is 0 Å². The highest BCUT2D eigenvalue weighted by molar-refractivity contribution is 5.30. The van der Waals surface area contributed by atoms with Gasteiger partial charge in [0.05, 0.1) is 12.7 Å². The molecule has 2 nitrogen and oxygen atoms in total. The SMILES string of the molecule is CC(C)CCC[C@@H](C)[C@H]1CC[C@@]2(C)[C@@H]3CC[C@H]4[C@@](C)(CO)[C@@H](O)CC[C@@]45C[C@@]35CC[C@]12C. The van der Waals surface area contributed by atoms with E-state index >= 15 is 0 Å². The van der Waals surface area contributed by atoms with Crippen molar-refractivity contribution in [1.29, 1.82) is 0 Å². The minimum Gasteiger partial charge on any atom is -0.396 e. The molecule has 10 atom stereocenters. The minimum atomic E-state index is -0.315. The largest absolute Gasteiger partial charge is 0.396 e. The molecule has 0 aliphatic heterocycles. The van der Waals surface area contributed by atoms with Gasteiger partial charge in [0.2, 0.25) is 0 Å². The molecule has 5 fully saturated rings. The lowest BCUT2D eigenvalue weighted by Gasteiger charge is -2.63. The first-order valence-corrected chi connectivity index (χ1v) is 14.3. The molecular formula is C30H52O2. The van der Waals surface area contributed by atoms with Crippen molar-refractivity contribution in [3.8, 4) is 0 Å². The van der Waals surface area contributed by atoms with Crippen LogP contribution >= 0.6 is 0 Å². The number of aliphatic hydroxyl groups excluding tert-OH is 2. The Kier molecular flexibility index (Phi) is 5.51. The fourth-order valence-corrected chi connectivity index (χ4v) is 11.4. The Morgan fingerprint density at radius 3 is 2.16 bits per heavy atom. The summed E-state index contributed by atoms with van der Waals surface area (Å²) in [6.07, 6.45) is 15.7. The summed E-state index contributed by atoms with van der Waals surface area (Å²) in [5.74, 6) is 4.00. The molecule has 0 bridgehead atoms. The summed E-state index contributed by atoms with van der Waals surface area (Å²) >= 11 is 0. The maximum atomic E-state index is 10.9. The van der Waals surface area contributed by atoms with E-state index in [9.17, 15) is 10.2 Å². The van der Waals surface area contributed by atoms with E-state index in [4.69, 9.17) is 0 Å². The van der Waals surface area contributed by atoms with Crippen LogP contribution in [-0.4, -0.2) is 22.9 Å². The molecular weight excluding hydrogens is 392 g/mol. The Bertz CT molecular complexity index is 732. The van der Waals surface area contributed by atoms with Crippen LogP contribution in [0.1, 0.15) is 119 Å². The van der Waals surface area contributed by atoms with E-state index in [1.165, 1.54) is 70.6 Å². The fourth-order valence-electron chi connectivity index (χ4n) is 11.4. The molecule has 2 N–H and O–H groups in total. The Morgan fingerprint density at radius 2 is 1.47 bits per heavy atom. The maximum Gasteiger partial charge on any atom is 0.0618 e. The molecule has 0 unspecified atom stereocenters. The summed E-state index contributed by atoms with van der Waals surface area (Å²) in [6, 6.07) is 0. The zero-order valence-electron chi connectivity index (χ0n) is 22.1. The third kappa shape index (κ3) is 2.78. The van der Waals surface area contributed by atoms with Crippen LogP contribution in [0.15, 0.2) is 0 Å². The topological polar surface area (TPSA) is 40.5 Å². The standard InChI is InChI=1S/C30H52O2/c1-20(2)8-7-9-21(3)22-12-14-28(6)24-11-10-23-26(4,19-31)25(32)13-15-29(23)18-30(24,29)17-16-27(22,28)5/h20-25,31-32H,7-19H2,1-6H3/t21-,22-,23+,24+,25+,26-,27-,28+,29-,30+/m1/s1. The van der Waals surface area contributed by atoms with Crippen LogP contribution in [-0.2, 0) is 0 Å². The van der Waals surface area contributed by atoms with Crippen LogP contribution in [0.3, 0.4) is 0 Å². The molecule has 5 aliphatic carbocycles. The van der Waals surface area contributed by atoms with Gasteiger partial charge in [-0.25, -0.2) is 0 Å². The van der Waals surface area contributed by atoms with E-state index in [1.54, 1.807) is 0 Å². The molecule has 0 saturated heterocycles. The summed E-state index contributed by atoms with van der Waals surface area (Å²) in [5.41, 5.74) is 1.67. The molecule has 0 heterocycles. The van der Waals surface area contributed by atoms with Gasteiger partial charge in [-0.05, 0) is 109 Å². The lowest BCUT2D eigenvalue weighted by Crippen LogP contribution is -2.59. The first-order valence-electron chi connectivity index (χ1n) is 14.3. The lowest BCUT2D eigenvalue weighted by molar-refractivity contribution is -0.174. The predicted octanol–water partition coefficient (Wildman–Crippen LogP) is 7.22. The van der Waals surface area contributed by atoms with Crippen molar-refractivity contribution >= 4 is 0 Å². The summed E-state index contributed by atoms with van der Waals surface area (Å²) < 4.78 is 0. The second-order valence-electron chi connectivity index (χ2n) is 14.7. The fraction of sp³-hybridized carbons (Fsp3) is 1.00. The van der Waals surface area contributed by atoms with Crippen LogP contribution in [0.2, 0.25) is 0 Å². The minimum absolute atomic E-state index is 0.159. The number of fused-ring (bicyclic) bond motifs is 2. The van der Waals surface area contributed by atoms with E-state index in [-0.39, 0.29) is 18.1 Å². The first kappa shape index (κ1) is 23.7. The summed E-state index contributed by atoms with van der Waals surface area (Å²) in [6.45, 7) is 15.1. The average molecular weight is 445 g/mol. The highest BCUT2D eigenvalue weighted by Crippen LogP contribution is 2.89. The van der Waals surface area contributed by atoms with Crippen molar-refractivity contribution in [2.24, 2.45) is 56.7 Å². The lowest BCUT2D eigenvalue weighted by atomic mass is 9.41. The van der Waals surface area contributed by atoms with Crippen LogP contribution < -0.4 is 0 Å². The smallest absolute Gasteiger partial charge is 0.0618 e.